The number of nitriles is 1. The monoisotopic (exact) mass is 216 g/mol. The second-order valence-corrected chi connectivity index (χ2v) is 4.17. The second kappa shape index (κ2) is 7.87. The van der Waals surface area contributed by atoms with Crippen LogP contribution < -0.4 is 0 Å². The van der Waals surface area contributed by atoms with Gasteiger partial charge in [-0.1, -0.05) is 39.0 Å². The molecule has 0 unspecified atom stereocenters. The number of aromatic nitrogens is 1. The molecule has 0 N–H and O–H groups in total. The Morgan fingerprint density at radius 2 is 1.88 bits per heavy atom. The molecule has 0 bridgehead atoms. The summed E-state index contributed by atoms with van der Waals surface area (Å²) in [6, 6.07) is 5.89. The lowest BCUT2D eigenvalue weighted by atomic mass is 10.1. The number of aryl methyl sites for hydroxylation is 1. The summed E-state index contributed by atoms with van der Waals surface area (Å²) in [5.74, 6) is 0. The highest BCUT2D eigenvalue weighted by Crippen LogP contribution is 2.08. The third-order valence-corrected chi connectivity index (χ3v) is 2.74. The quantitative estimate of drug-likeness (QED) is 0.649. The van der Waals surface area contributed by atoms with Gasteiger partial charge >= 0.3 is 0 Å². The van der Waals surface area contributed by atoms with Crippen molar-refractivity contribution in [1.82, 2.24) is 4.98 Å². The molecule has 0 atom stereocenters. The van der Waals surface area contributed by atoms with E-state index in [1.54, 1.807) is 6.20 Å². The highest BCUT2D eigenvalue weighted by molar-refractivity contribution is 5.26. The van der Waals surface area contributed by atoms with Gasteiger partial charge in [-0.2, -0.15) is 5.26 Å². The van der Waals surface area contributed by atoms with Crippen molar-refractivity contribution < 1.29 is 0 Å². The Morgan fingerprint density at radius 1 is 1.12 bits per heavy atom. The molecule has 0 fully saturated rings. The van der Waals surface area contributed by atoms with E-state index in [4.69, 9.17) is 5.26 Å². The molecular formula is C14H20N2. The van der Waals surface area contributed by atoms with E-state index in [0.717, 1.165) is 12.1 Å². The van der Waals surface area contributed by atoms with Gasteiger partial charge in [0.1, 0.15) is 6.07 Å². The van der Waals surface area contributed by atoms with E-state index in [1.165, 1.54) is 38.5 Å². The molecule has 2 heteroatoms. The highest BCUT2D eigenvalue weighted by atomic mass is 14.7. The summed E-state index contributed by atoms with van der Waals surface area (Å²) in [6.45, 7) is 2.24. The summed E-state index contributed by atoms with van der Waals surface area (Å²) in [4.78, 5) is 4.26. The molecule has 0 spiro atoms. The van der Waals surface area contributed by atoms with Crippen LogP contribution in [0.3, 0.4) is 0 Å². The van der Waals surface area contributed by atoms with Crippen LogP contribution in [0.2, 0.25) is 0 Å². The number of hydrogen-bond donors (Lipinski definition) is 0. The number of pyridine rings is 1. The minimum atomic E-state index is 0.645. The van der Waals surface area contributed by atoms with Crippen LogP contribution in [0.5, 0.6) is 0 Å². The van der Waals surface area contributed by atoms with Gasteiger partial charge in [-0.3, -0.25) is 4.98 Å². The van der Waals surface area contributed by atoms with Gasteiger partial charge < -0.3 is 0 Å². The van der Waals surface area contributed by atoms with Crippen molar-refractivity contribution >= 4 is 0 Å². The van der Waals surface area contributed by atoms with Crippen molar-refractivity contribution in [1.29, 1.82) is 5.26 Å². The zero-order valence-electron chi connectivity index (χ0n) is 10.1. The van der Waals surface area contributed by atoms with Crippen LogP contribution in [-0.4, -0.2) is 4.98 Å². The van der Waals surface area contributed by atoms with Gasteiger partial charge in [-0.05, 0) is 25.0 Å². The van der Waals surface area contributed by atoms with E-state index >= 15 is 0 Å². The normalized spacial score (nSPS) is 10.0. The van der Waals surface area contributed by atoms with Crippen molar-refractivity contribution in [2.45, 2.75) is 51.9 Å². The van der Waals surface area contributed by atoms with Gasteiger partial charge in [-0.15, -0.1) is 0 Å². The summed E-state index contributed by atoms with van der Waals surface area (Å²) in [5, 5.41) is 8.64. The SMILES string of the molecule is CCCCCCCCc1ccc(C#N)cn1. The fourth-order valence-corrected chi connectivity index (χ4v) is 1.72. The Kier molecular flexibility index (Phi) is 6.25. The first-order chi connectivity index (χ1) is 7.86. The van der Waals surface area contributed by atoms with Gasteiger partial charge in [-0.25, -0.2) is 0 Å². The Balaban J connectivity index is 2.15. The lowest BCUT2D eigenvalue weighted by molar-refractivity contribution is 0.604. The molecule has 1 rings (SSSR count). The number of hydrogen-bond acceptors (Lipinski definition) is 2. The highest BCUT2D eigenvalue weighted by Gasteiger charge is 1.96. The zero-order chi connectivity index (χ0) is 11.6. The fraction of sp³-hybridized carbons (Fsp3) is 0.571. The van der Waals surface area contributed by atoms with Gasteiger partial charge in [0, 0.05) is 11.9 Å². The van der Waals surface area contributed by atoms with Crippen molar-refractivity contribution in [3.8, 4) is 6.07 Å². The summed E-state index contributed by atoms with van der Waals surface area (Å²) in [7, 11) is 0. The summed E-state index contributed by atoms with van der Waals surface area (Å²) in [6.07, 6.45) is 10.6. The van der Waals surface area contributed by atoms with Crippen molar-refractivity contribution in [3.63, 3.8) is 0 Å². The maximum atomic E-state index is 8.64. The lowest BCUT2D eigenvalue weighted by Gasteiger charge is -2.01. The van der Waals surface area contributed by atoms with Crippen LogP contribution in [-0.2, 0) is 6.42 Å². The third kappa shape index (κ3) is 4.93. The molecule has 0 radical (unpaired) electrons. The first-order valence-corrected chi connectivity index (χ1v) is 6.22. The van der Waals surface area contributed by atoms with E-state index in [-0.39, 0.29) is 0 Å². The number of unbranched alkanes of at least 4 members (excludes halogenated alkanes) is 5. The second-order valence-electron chi connectivity index (χ2n) is 4.17. The molecule has 2 nitrogen and oxygen atoms in total. The molecular weight excluding hydrogens is 196 g/mol. The van der Waals surface area contributed by atoms with Gasteiger partial charge in [0.25, 0.3) is 0 Å². The van der Waals surface area contributed by atoms with E-state index in [0.29, 0.717) is 5.56 Å². The fourth-order valence-electron chi connectivity index (χ4n) is 1.72. The Morgan fingerprint density at radius 3 is 2.50 bits per heavy atom. The molecule has 0 aromatic carbocycles. The molecule has 0 aliphatic rings. The number of rotatable bonds is 7. The van der Waals surface area contributed by atoms with Crippen molar-refractivity contribution in [2.75, 3.05) is 0 Å². The largest absolute Gasteiger partial charge is 0.260 e. The molecule has 0 amide bonds. The van der Waals surface area contributed by atoms with Crippen LogP contribution in [0.15, 0.2) is 18.3 Å². The van der Waals surface area contributed by atoms with Gasteiger partial charge in [0.2, 0.25) is 0 Å². The molecule has 86 valence electrons. The molecule has 0 aliphatic heterocycles. The van der Waals surface area contributed by atoms with Crippen LogP contribution >= 0.6 is 0 Å². The first kappa shape index (κ1) is 12.7. The molecule has 0 saturated carbocycles. The average Bonchev–Trinajstić information content (AvgIpc) is 2.34. The van der Waals surface area contributed by atoms with Gasteiger partial charge in [0.05, 0.1) is 5.56 Å². The van der Waals surface area contributed by atoms with Crippen LogP contribution in [0.25, 0.3) is 0 Å². The molecule has 1 aromatic rings. The Hall–Kier alpha value is -1.36. The Bertz CT molecular complexity index is 322. The minimum Gasteiger partial charge on any atom is -0.260 e. The van der Waals surface area contributed by atoms with E-state index < -0.39 is 0 Å². The van der Waals surface area contributed by atoms with Gasteiger partial charge in [0.15, 0.2) is 0 Å². The van der Waals surface area contributed by atoms with E-state index in [1.807, 2.05) is 12.1 Å². The molecule has 0 aliphatic carbocycles. The zero-order valence-corrected chi connectivity index (χ0v) is 10.1. The van der Waals surface area contributed by atoms with E-state index in [9.17, 15) is 0 Å². The van der Waals surface area contributed by atoms with Crippen LogP contribution in [0, 0.1) is 11.3 Å². The molecule has 0 saturated heterocycles. The summed E-state index contributed by atoms with van der Waals surface area (Å²) < 4.78 is 0. The molecule has 1 aromatic heterocycles. The molecule has 16 heavy (non-hydrogen) atoms. The molecule has 1 heterocycles. The number of nitrogens with zero attached hydrogens (tertiary/aromatic N) is 2. The summed E-state index contributed by atoms with van der Waals surface area (Å²) in [5.41, 5.74) is 1.75. The minimum absolute atomic E-state index is 0.645. The predicted molar refractivity (Wildman–Crippen MR) is 66.0 cm³/mol. The van der Waals surface area contributed by atoms with Crippen LogP contribution in [0.4, 0.5) is 0 Å². The topological polar surface area (TPSA) is 36.7 Å². The maximum Gasteiger partial charge on any atom is 0.101 e. The Labute approximate surface area is 98.3 Å². The third-order valence-electron chi connectivity index (χ3n) is 2.74. The predicted octanol–water partition coefficient (Wildman–Crippen LogP) is 3.86. The van der Waals surface area contributed by atoms with Crippen molar-refractivity contribution in [3.05, 3.63) is 29.6 Å². The standard InChI is InChI=1S/C14H20N2/c1-2-3-4-5-6-7-8-14-10-9-13(11-15)12-16-14/h9-10,12H,2-8H2,1H3. The van der Waals surface area contributed by atoms with E-state index in [2.05, 4.69) is 18.0 Å². The van der Waals surface area contributed by atoms with Crippen molar-refractivity contribution in [2.24, 2.45) is 0 Å². The maximum absolute atomic E-state index is 8.64. The summed E-state index contributed by atoms with van der Waals surface area (Å²) >= 11 is 0. The average molecular weight is 216 g/mol. The smallest absolute Gasteiger partial charge is 0.101 e. The van der Waals surface area contributed by atoms with Crippen LogP contribution in [0.1, 0.15) is 56.7 Å². The lowest BCUT2D eigenvalue weighted by Crippen LogP contribution is -1.90. The first-order valence-electron chi connectivity index (χ1n) is 6.22.